The second kappa shape index (κ2) is 10.4. The van der Waals surface area contributed by atoms with E-state index in [0.717, 1.165) is 33.9 Å². The lowest BCUT2D eigenvalue weighted by atomic mass is 10.1. The highest BCUT2D eigenvalue weighted by Crippen LogP contribution is 2.35. The number of nitrogens with zero attached hydrogens (tertiary/aromatic N) is 4. The smallest absolute Gasteiger partial charge is 0.246 e. The molecule has 0 N–H and O–H groups in total. The first kappa shape index (κ1) is 23.8. The molecule has 38 heavy (non-hydrogen) atoms. The van der Waals surface area contributed by atoms with Crippen LogP contribution in [0, 0.1) is 5.82 Å². The monoisotopic (exact) mass is 510 g/mol. The molecule has 7 nitrogen and oxygen atoms in total. The summed E-state index contributed by atoms with van der Waals surface area (Å²) < 4.78 is 26.5. The summed E-state index contributed by atoms with van der Waals surface area (Å²) in [6.45, 7) is 3.62. The van der Waals surface area contributed by atoms with Gasteiger partial charge in [0.2, 0.25) is 5.91 Å². The minimum absolute atomic E-state index is 0.0515. The van der Waals surface area contributed by atoms with Gasteiger partial charge in [-0.15, -0.1) is 0 Å². The number of amides is 1. The number of piperazine rings is 1. The summed E-state index contributed by atoms with van der Waals surface area (Å²) >= 11 is 0. The van der Waals surface area contributed by atoms with Gasteiger partial charge in [0.15, 0.2) is 11.5 Å². The van der Waals surface area contributed by atoms with E-state index in [0.29, 0.717) is 45.1 Å². The lowest BCUT2D eigenvalue weighted by Crippen LogP contribution is -2.48. The van der Waals surface area contributed by atoms with Crippen LogP contribution in [0.5, 0.6) is 11.5 Å². The Hall–Kier alpha value is -4.59. The Morgan fingerprint density at radius 2 is 1.58 bits per heavy atom. The van der Waals surface area contributed by atoms with E-state index in [-0.39, 0.29) is 11.7 Å². The number of carbonyl (C=O) groups is 1. The zero-order valence-corrected chi connectivity index (χ0v) is 20.8. The van der Waals surface area contributed by atoms with Crippen LogP contribution in [-0.2, 0) is 4.79 Å². The molecule has 0 bridgehead atoms. The van der Waals surface area contributed by atoms with Gasteiger partial charge in [-0.05, 0) is 60.7 Å². The Labute approximate surface area is 220 Å². The second-order valence-electron chi connectivity index (χ2n) is 9.19. The fourth-order valence-corrected chi connectivity index (χ4v) is 4.74. The molecule has 1 saturated heterocycles. The number of benzene rings is 3. The Morgan fingerprint density at radius 3 is 2.34 bits per heavy atom. The van der Waals surface area contributed by atoms with Crippen molar-refractivity contribution >= 4 is 17.7 Å². The first-order chi connectivity index (χ1) is 18.6. The van der Waals surface area contributed by atoms with Crippen LogP contribution in [0.25, 0.3) is 23.0 Å². The maximum Gasteiger partial charge on any atom is 0.246 e. The van der Waals surface area contributed by atoms with Gasteiger partial charge in [0, 0.05) is 55.3 Å². The maximum atomic E-state index is 13.3. The highest BCUT2D eigenvalue weighted by atomic mass is 19.1. The number of halogens is 1. The lowest BCUT2D eigenvalue weighted by molar-refractivity contribution is -0.126. The molecule has 1 fully saturated rings. The van der Waals surface area contributed by atoms with E-state index in [2.05, 4.69) is 4.90 Å². The molecule has 0 atom stereocenters. The first-order valence-electron chi connectivity index (χ1n) is 12.7. The van der Waals surface area contributed by atoms with E-state index in [4.69, 9.17) is 14.6 Å². The number of hydrogen-bond acceptors (Lipinski definition) is 5. The second-order valence-corrected chi connectivity index (χ2v) is 9.19. The van der Waals surface area contributed by atoms with Crippen molar-refractivity contribution in [2.75, 3.05) is 44.3 Å². The van der Waals surface area contributed by atoms with Crippen LogP contribution in [0.4, 0.5) is 10.1 Å². The molecule has 3 heterocycles. The quantitative estimate of drug-likeness (QED) is 0.361. The summed E-state index contributed by atoms with van der Waals surface area (Å²) in [6.07, 6.45) is 5.37. The number of ether oxygens (including phenoxy) is 2. The van der Waals surface area contributed by atoms with Crippen molar-refractivity contribution in [1.29, 1.82) is 0 Å². The van der Waals surface area contributed by atoms with Gasteiger partial charge in [-0.1, -0.05) is 18.2 Å². The van der Waals surface area contributed by atoms with Gasteiger partial charge in [0.1, 0.15) is 24.7 Å². The SMILES string of the molecule is O=C(C=Cc1cn(-c2ccccc2)nc1-c1ccc2c(c1)OCCO2)N1CCN(c2ccc(F)cc2)CC1. The molecule has 1 aromatic heterocycles. The molecule has 0 saturated carbocycles. The summed E-state index contributed by atoms with van der Waals surface area (Å²) in [5.74, 6) is 1.10. The third kappa shape index (κ3) is 4.98. The molecular weight excluding hydrogens is 483 g/mol. The molecule has 2 aliphatic rings. The molecule has 0 unspecified atom stereocenters. The van der Waals surface area contributed by atoms with E-state index in [9.17, 15) is 9.18 Å². The standard InChI is InChI=1S/C30H27FN4O3/c31-24-8-10-25(11-9-24)33-14-16-34(17-15-33)29(36)13-7-23-21-35(26-4-2-1-3-5-26)32-30(23)22-6-12-27-28(20-22)38-19-18-37-27/h1-13,20-21H,14-19H2. The first-order valence-corrected chi connectivity index (χ1v) is 12.7. The predicted octanol–water partition coefficient (Wildman–Crippen LogP) is 4.81. The summed E-state index contributed by atoms with van der Waals surface area (Å²) in [4.78, 5) is 17.1. The van der Waals surface area contributed by atoms with Crippen LogP contribution < -0.4 is 14.4 Å². The maximum absolute atomic E-state index is 13.3. The van der Waals surface area contributed by atoms with Crippen molar-refractivity contribution in [1.82, 2.24) is 14.7 Å². The summed E-state index contributed by atoms with van der Waals surface area (Å²) in [6, 6.07) is 22.1. The minimum atomic E-state index is -0.251. The van der Waals surface area contributed by atoms with Crippen LogP contribution in [0.15, 0.2) is 85.1 Å². The van der Waals surface area contributed by atoms with E-state index >= 15 is 0 Å². The summed E-state index contributed by atoms with van der Waals surface area (Å²) in [5.41, 5.74) is 4.34. The van der Waals surface area contributed by atoms with Crippen molar-refractivity contribution < 1.29 is 18.7 Å². The van der Waals surface area contributed by atoms with Crippen LogP contribution in [0.1, 0.15) is 5.56 Å². The predicted molar refractivity (Wildman–Crippen MR) is 144 cm³/mol. The van der Waals surface area contributed by atoms with Crippen molar-refractivity contribution in [2.45, 2.75) is 0 Å². The van der Waals surface area contributed by atoms with Crippen LogP contribution in [0.2, 0.25) is 0 Å². The average Bonchev–Trinajstić information content (AvgIpc) is 3.41. The van der Waals surface area contributed by atoms with Gasteiger partial charge >= 0.3 is 0 Å². The van der Waals surface area contributed by atoms with Crippen molar-refractivity contribution in [2.24, 2.45) is 0 Å². The number of para-hydroxylation sites is 1. The van der Waals surface area contributed by atoms with Crippen molar-refractivity contribution in [3.63, 3.8) is 0 Å². The number of rotatable bonds is 5. The van der Waals surface area contributed by atoms with Crippen LogP contribution in [-0.4, -0.2) is 60.0 Å². The molecule has 6 rings (SSSR count). The molecule has 1 amide bonds. The number of aromatic nitrogens is 2. The van der Waals surface area contributed by atoms with Crippen LogP contribution >= 0.6 is 0 Å². The van der Waals surface area contributed by atoms with E-state index in [1.165, 1.54) is 12.1 Å². The van der Waals surface area contributed by atoms with Gasteiger partial charge in [-0.3, -0.25) is 4.79 Å². The third-order valence-corrected chi connectivity index (χ3v) is 6.77. The van der Waals surface area contributed by atoms with E-state index < -0.39 is 0 Å². The fourth-order valence-electron chi connectivity index (χ4n) is 4.74. The molecule has 0 aliphatic carbocycles. The lowest BCUT2D eigenvalue weighted by Gasteiger charge is -2.35. The Morgan fingerprint density at radius 1 is 0.842 bits per heavy atom. The highest BCUT2D eigenvalue weighted by molar-refractivity contribution is 5.93. The van der Waals surface area contributed by atoms with Gasteiger partial charge in [0.25, 0.3) is 0 Å². The Balaban J connectivity index is 1.22. The van der Waals surface area contributed by atoms with Gasteiger partial charge in [-0.2, -0.15) is 5.10 Å². The highest BCUT2D eigenvalue weighted by Gasteiger charge is 2.21. The van der Waals surface area contributed by atoms with E-state index in [1.54, 1.807) is 18.2 Å². The topological polar surface area (TPSA) is 59.8 Å². The van der Waals surface area contributed by atoms with Crippen molar-refractivity contribution in [3.05, 3.63) is 96.4 Å². The number of anilines is 1. The zero-order valence-electron chi connectivity index (χ0n) is 20.8. The third-order valence-electron chi connectivity index (χ3n) is 6.77. The van der Waals surface area contributed by atoms with Gasteiger partial charge in [0.05, 0.1) is 5.69 Å². The van der Waals surface area contributed by atoms with Crippen LogP contribution in [0.3, 0.4) is 0 Å². The minimum Gasteiger partial charge on any atom is -0.486 e. The number of hydrogen-bond donors (Lipinski definition) is 0. The molecule has 0 spiro atoms. The van der Waals surface area contributed by atoms with Gasteiger partial charge < -0.3 is 19.3 Å². The normalized spacial score (nSPS) is 15.2. The zero-order chi connectivity index (χ0) is 25.9. The largest absolute Gasteiger partial charge is 0.486 e. The summed E-state index contributed by atoms with van der Waals surface area (Å²) in [7, 11) is 0. The molecular formula is C30H27FN4O3. The number of carbonyl (C=O) groups excluding carboxylic acids is 1. The van der Waals surface area contributed by atoms with E-state index in [1.807, 2.05) is 70.4 Å². The molecule has 3 aromatic carbocycles. The Kier molecular flexibility index (Phi) is 6.52. The molecule has 192 valence electrons. The molecule has 2 aliphatic heterocycles. The number of fused-ring (bicyclic) bond motifs is 1. The molecule has 0 radical (unpaired) electrons. The molecule has 8 heteroatoms. The fraction of sp³-hybridized carbons (Fsp3) is 0.200. The Bertz CT molecular complexity index is 1460. The summed E-state index contributed by atoms with van der Waals surface area (Å²) in [5, 5.41) is 4.85. The van der Waals surface area contributed by atoms with Crippen molar-refractivity contribution in [3.8, 4) is 28.4 Å². The molecule has 4 aromatic rings. The van der Waals surface area contributed by atoms with Gasteiger partial charge in [-0.25, -0.2) is 9.07 Å². The average molecular weight is 511 g/mol.